The topological polar surface area (TPSA) is 310 Å². The number of nitrogens with zero attached hydrogens (tertiary/aromatic N) is 2. The Kier molecular flexibility index (Phi) is 80.3. The first kappa shape index (κ1) is 100. The van der Waals surface area contributed by atoms with Crippen LogP contribution in [-0.4, -0.2) is 173 Å². The van der Waals surface area contributed by atoms with Crippen LogP contribution < -0.4 is 5.32 Å². The van der Waals surface area contributed by atoms with Crippen LogP contribution in [0.1, 0.15) is 109 Å². The van der Waals surface area contributed by atoms with E-state index in [0.717, 1.165) is 56.4 Å². The van der Waals surface area contributed by atoms with Gasteiger partial charge in [-0.2, -0.15) is 0 Å². The number of methoxy groups -OCH3 is 3. The summed E-state index contributed by atoms with van der Waals surface area (Å²) in [5.41, 5.74) is 0.0684. The molecule has 2 N–H and O–H groups in total. The molecule has 0 aromatic heterocycles. The molecule has 1 aliphatic rings. The second-order valence-electron chi connectivity index (χ2n) is 18.2. The van der Waals surface area contributed by atoms with Gasteiger partial charge in [-0.3, -0.25) is 19.2 Å². The van der Waals surface area contributed by atoms with Gasteiger partial charge in [0.1, 0.15) is 24.4 Å². The van der Waals surface area contributed by atoms with E-state index in [1.54, 1.807) is 46.2 Å². The fourth-order valence-corrected chi connectivity index (χ4v) is 3.34. The van der Waals surface area contributed by atoms with Crippen molar-refractivity contribution < 1.29 is 100 Å². The van der Waals surface area contributed by atoms with Crippen molar-refractivity contribution in [3.05, 3.63) is 139 Å². The Labute approximate surface area is 518 Å². The molecule has 0 unspecified atom stereocenters. The number of likely N-dealkylation sites (tertiary alicyclic amines) is 1. The number of ether oxygens (including phenoxy) is 9. The van der Waals surface area contributed by atoms with E-state index >= 15 is 0 Å². The summed E-state index contributed by atoms with van der Waals surface area (Å²) in [6.07, 6.45) is 14.5. The Morgan fingerprint density at radius 3 is 1.20 bits per heavy atom. The van der Waals surface area contributed by atoms with Gasteiger partial charge < -0.3 is 62.9 Å². The van der Waals surface area contributed by atoms with Crippen molar-refractivity contribution in [2.45, 2.75) is 126 Å². The lowest BCUT2D eigenvalue weighted by atomic mass is 10.2. The summed E-state index contributed by atoms with van der Waals surface area (Å²) in [7, 11) is 7.55. The molecule has 0 saturated carbocycles. The molecule has 0 aromatic rings. The number of carbonyl (C=O) groups excluding carboxylic acids is 11. The standard InChI is InChI=1S/C8H14O2.2C7H12O2.C6H9NO.C6H11NO.C6H10O3.C5H9NO.C5H8O3.C5H8O2.2C4H6O2/c1-6(2)7(9)10-8(3,4)5;1-5-6(8)9-7(2,3)4;1-3-5-6-9-7(8)4-2;1-2-7-5-3-4-6(7)8;1-4-6(8)7-5(2)3;1-3-6(7)9-5-4-8-2;1-4-5(7)6(2)3;1-2-5(7)8-4-3-6;1-4(2)5(6)7-3;1-3-4(5)6-2;1-3-6-4(2)5/h1H2,2-5H3;5H,1H2,2-4H3;4H,2-3,5-6H2,1H3;2H,1,3-5H2;4-5H,1H2,2-3H3,(H,7,8);3H,1,4-5H2,2H3;4H,1H2,2-3H3;2,6H,1,3-4H2;1H2,2-3H3;2*3H,1H2,2H3. The van der Waals surface area contributed by atoms with E-state index in [1.165, 1.54) is 44.3 Å². The SMILES string of the molecule is C=C(C)C(=O)OC.C=C(C)C(=O)OC(C)(C)C.C=CC(=O)N(C)C.C=CC(=O)NC(C)C.C=CC(=O)OC.C=CC(=O)OC(C)(C)C.C=CC(=O)OCCCC.C=CC(=O)OCCO.C=CC(=O)OCCOC.C=CN1CCCC1=O.C=COC(C)=O. The van der Waals surface area contributed by atoms with Crippen LogP contribution in [0.2, 0.25) is 0 Å². The summed E-state index contributed by atoms with van der Waals surface area (Å²) in [5, 5.41) is 10.7. The first-order chi connectivity index (χ1) is 40.2. The first-order valence-electron chi connectivity index (χ1n) is 26.3. The number of aliphatic hydroxyl groups is 1. The van der Waals surface area contributed by atoms with Crippen molar-refractivity contribution in [3.63, 3.8) is 0 Å². The number of likely N-dealkylation sites (N-methyl/N-ethyl adjacent to an activating group) is 1. The van der Waals surface area contributed by atoms with Gasteiger partial charge >= 0.3 is 47.8 Å². The molecule has 0 spiro atoms. The van der Waals surface area contributed by atoms with Gasteiger partial charge in [-0.05, 0) is 100 Å². The predicted molar refractivity (Wildman–Crippen MR) is 339 cm³/mol. The highest BCUT2D eigenvalue weighted by Gasteiger charge is 2.17. The van der Waals surface area contributed by atoms with Gasteiger partial charge in [0.15, 0.2) is 0 Å². The average Bonchev–Trinajstić information content (AvgIpc) is 3.91. The number of carbonyl (C=O) groups is 11. The summed E-state index contributed by atoms with van der Waals surface area (Å²) in [6.45, 7) is 59.5. The van der Waals surface area contributed by atoms with Crippen LogP contribution in [-0.2, 0) is 95.4 Å². The molecular formula is C63H105N3O21. The third kappa shape index (κ3) is 106. The monoisotopic (exact) mass is 1240 g/mol. The zero-order chi connectivity index (χ0) is 70.7. The largest absolute Gasteiger partial charge is 0.466 e. The van der Waals surface area contributed by atoms with Crippen LogP contribution in [0.15, 0.2) is 139 Å². The van der Waals surface area contributed by atoms with Crippen LogP contribution in [0.5, 0.6) is 0 Å². The van der Waals surface area contributed by atoms with E-state index in [9.17, 15) is 52.7 Å². The molecule has 1 aliphatic heterocycles. The lowest BCUT2D eigenvalue weighted by Crippen LogP contribution is -2.27. The van der Waals surface area contributed by atoms with E-state index < -0.39 is 29.1 Å². The lowest BCUT2D eigenvalue weighted by Gasteiger charge is -2.19. The minimum Gasteiger partial charge on any atom is -0.466 e. The van der Waals surface area contributed by atoms with Crippen molar-refractivity contribution in [2.75, 3.05) is 75.0 Å². The van der Waals surface area contributed by atoms with Gasteiger partial charge in [0.05, 0.1) is 40.3 Å². The smallest absolute Gasteiger partial charge is 0.333 e. The minimum absolute atomic E-state index is 0.0465. The van der Waals surface area contributed by atoms with Crippen LogP contribution in [0.3, 0.4) is 0 Å². The Morgan fingerprint density at radius 1 is 0.609 bits per heavy atom. The lowest BCUT2D eigenvalue weighted by molar-refractivity contribution is -0.150. The van der Waals surface area contributed by atoms with Crippen LogP contribution >= 0.6 is 0 Å². The maximum absolute atomic E-state index is 10.8. The fourth-order valence-electron chi connectivity index (χ4n) is 3.34. The van der Waals surface area contributed by atoms with Gasteiger partial charge in [0.2, 0.25) is 17.7 Å². The highest BCUT2D eigenvalue weighted by atomic mass is 16.6. The number of aliphatic hydroxyl groups excluding tert-OH is 1. The van der Waals surface area contributed by atoms with E-state index in [4.69, 9.17) is 14.6 Å². The van der Waals surface area contributed by atoms with Crippen LogP contribution in [0, 0.1) is 0 Å². The molecule has 0 aromatic carbocycles. The van der Waals surface area contributed by atoms with E-state index in [2.05, 4.69) is 111 Å². The van der Waals surface area contributed by atoms with E-state index in [0.29, 0.717) is 37.4 Å². The van der Waals surface area contributed by atoms with Crippen LogP contribution in [0.4, 0.5) is 0 Å². The molecule has 0 aliphatic carbocycles. The molecule has 1 saturated heterocycles. The van der Waals surface area contributed by atoms with Crippen molar-refractivity contribution >= 4 is 65.5 Å². The number of esters is 8. The molecule has 87 heavy (non-hydrogen) atoms. The zero-order valence-electron chi connectivity index (χ0n) is 55.1. The molecule has 1 rings (SSSR count). The fraction of sp³-hybridized carbons (Fsp3) is 0.476. The van der Waals surface area contributed by atoms with Crippen molar-refractivity contribution in [1.82, 2.24) is 15.1 Å². The number of hydrogen-bond acceptors (Lipinski definition) is 21. The zero-order valence-corrected chi connectivity index (χ0v) is 55.1. The quantitative estimate of drug-likeness (QED) is 0.0379. The molecule has 498 valence electrons. The molecule has 24 nitrogen and oxygen atoms in total. The minimum atomic E-state index is -0.501. The number of nitrogens with one attached hydrogen (secondary N) is 1. The Bertz CT molecular complexity index is 2070. The molecule has 1 heterocycles. The van der Waals surface area contributed by atoms with Gasteiger partial charge in [0, 0.05) is 88.7 Å². The maximum Gasteiger partial charge on any atom is 0.333 e. The molecule has 0 atom stereocenters. The summed E-state index contributed by atoms with van der Waals surface area (Å²) in [6, 6.07) is 0.209. The molecule has 0 radical (unpaired) electrons. The van der Waals surface area contributed by atoms with Gasteiger partial charge in [-0.25, -0.2) is 33.6 Å². The summed E-state index contributed by atoms with van der Waals surface area (Å²) < 4.78 is 40.6. The Morgan fingerprint density at radius 2 is 1.03 bits per heavy atom. The molecule has 24 heteroatoms. The molecule has 1 fully saturated rings. The number of hydrogen-bond donors (Lipinski definition) is 2. The van der Waals surface area contributed by atoms with Crippen molar-refractivity contribution in [2.24, 2.45) is 0 Å². The third-order valence-electron chi connectivity index (χ3n) is 7.14. The van der Waals surface area contributed by atoms with Crippen molar-refractivity contribution in [3.8, 4) is 0 Å². The second-order valence-corrected chi connectivity index (χ2v) is 18.2. The summed E-state index contributed by atoms with van der Waals surface area (Å²) >= 11 is 0. The molecule has 3 amide bonds. The van der Waals surface area contributed by atoms with Gasteiger partial charge in [0.25, 0.3) is 0 Å². The van der Waals surface area contributed by atoms with E-state index in [-0.39, 0.29) is 66.8 Å². The Balaban J connectivity index is -0.0000000940. The van der Waals surface area contributed by atoms with Crippen LogP contribution in [0.25, 0.3) is 0 Å². The highest BCUT2D eigenvalue weighted by molar-refractivity contribution is 5.88. The predicted octanol–water partition coefficient (Wildman–Crippen LogP) is 8.49. The third-order valence-corrected chi connectivity index (χ3v) is 7.14. The average molecular weight is 1240 g/mol. The summed E-state index contributed by atoms with van der Waals surface area (Å²) in [5.74, 6) is -2.97. The number of unbranched alkanes of at least 4 members (excludes halogenated alkanes) is 1. The normalized spacial score (nSPS) is 9.64. The van der Waals surface area contributed by atoms with Gasteiger partial charge in [-0.15, -0.1) is 0 Å². The summed E-state index contributed by atoms with van der Waals surface area (Å²) in [4.78, 5) is 116. The highest BCUT2D eigenvalue weighted by Crippen LogP contribution is 2.10. The molecule has 0 bridgehead atoms. The van der Waals surface area contributed by atoms with E-state index in [1.807, 2.05) is 62.3 Å². The van der Waals surface area contributed by atoms with Gasteiger partial charge in [-0.1, -0.05) is 85.7 Å². The number of amides is 3. The molecular weight excluding hydrogens is 1130 g/mol. The Hall–Kier alpha value is -8.77. The first-order valence-corrected chi connectivity index (χ1v) is 26.3. The second kappa shape index (κ2) is 69.7. The van der Waals surface area contributed by atoms with Crippen molar-refractivity contribution in [1.29, 1.82) is 0 Å². The number of rotatable bonds is 20. The maximum atomic E-state index is 10.8.